The van der Waals surface area contributed by atoms with Crippen molar-refractivity contribution in [1.82, 2.24) is 10.5 Å². The van der Waals surface area contributed by atoms with Gasteiger partial charge in [-0.3, -0.25) is 5.32 Å². The summed E-state index contributed by atoms with van der Waals surface area (Å²) in [7, 11) is 0. The number of nitrogens with zero attached hydrogens (tertiary/aromatic N) is 1. The molecule has 0 saturated carbocycles. The highest BCUT2D eigenvalue weighted by molar-refractivity contribution is 5.88. The summed E-state index contributed by atoms with van der Waals surface area (Å²) < 4.78 is 10.6. The van der Waals surface area contributed by atoms with Gasteiger partial charge < -0.3 is 14.6 Å². The fourth-order valence-corrected chi connectivity index (χ4v) is 2.53. The van der Waals surface area contributed by atoms with E-state index in [0.717, 1.165) is 25.0 Å². The van der Waals surface area contributed by atoms with Crippen molar-refractivity contribution in [3.63, 3.8) is 0 Å². The molecule has 0 aliphatic carbocycles. The maximum atomic E-state index is 11.7. The highest BCUT2D eigenvalue weighted by Gasteiger charge is 2.41. The topological polar surface area (TPSA) is 76.4 Å². The van der Waals surface area contributed by atoms with Crippen LogP contribution in [0.15, 0.2) is 10.6 Å². The van der Waals surface area contributed by atoms with E-state index in [4.69, 9.17) is 9.26 Å². The fourth-order valence-electron chi connectivity index (χ4n) is 2.53. The van der Waals surface area contributed by atoms with E-state index in [1.165, 1.54) is 0 Å². The van der Waals surface area contributed by atoms with Crippen LogP contribution in [0.2, 0.25) is 0 Å². The molecular weight excluding hydrogens is 222 g/mol. The summed E-state index contributed by atoms with van der Waals surface area (Å²) in [6.45, 7) is 1.80. The molecule has 1 aromatic heterocycles. The van der Waals surface area contributed by atoms with Gasteiger partial charge in [0.1, 0.15) is 0 Å². The monoisotopic (exact) mass is 237 g/mol. The maximum Gasteiger partial charge on any atom is 0.321 e. The third-order valence-electron chi connectivity index (χ3n) is 3.29. The fraction of sp³-hybridized carbons (Fsp3) is 0.636. The van der Waals surface area contributed by atoms with E-state index in [9.17, 15) is 4.79 Å². The van der Waals surface area contributed by atoms with Gasteiger partial charge in [-0.25, -0.2) is 4.79 Å². The molecule has 3 heterocycles. The number of nitrogens with one attached hydrogen (secondary N) is 2. The van der Waals surface area contributed by atoms with E-state index in [1.54, 1.807) is 13.0 Å². The molecule has 2 saturated heterocycles. The minimum Gasteiger partial charge on any atom is -0.373 e. The molecule has 2 fully saturated rings. The van der Waals surface area contributed by atoms with Crippen molar-refractivity contribution in [2.75, 3.05) is 5.32 Å². The van der Waals surface area contributed by atoms with Crippen LogP contribution >= 0.6 is 0 Å². The first-order chi connectivity index (χ1) is 8.20. The number of urea groups is 1. The Morgan fingerprint density at radius 1 is 1.53 bits per heavy atom. The molecule has 0 spiro atoms. The lowest BCUT2D eigenvalue weighted by Crippen LogP contribution is -2.43. The molecule has 0 unspecified atom stereocenters. The second kappa shape index (κ2) is 4.03. The summed E-state index contributed by atoms with van der Waals surface area (Å²) in [5.74, 6) is 0.365. The van der Waals surface area contributed by atoms with Gasteiger partial charge in [0.05, 0.1) is 23.9 Å². The van der Waals surface area contributed by atoms with Crippen LogP contribution in [0.25, 0.3) is 0 Å². The number of hydrogen-bond acceptors (Lipinski definition) is 4. The van der Waals surface area contributed by atoms with Gasteiger partial charge in [0.15, 0.2) is 0 Å². The Kier molecular flexibility index (Phi) is 2.51. The van der Waals surface area contributed by atoms with Gasteiger partial charge in [-0.1, -0.05) is 5.16 Å². The minimum absolute atomic E-state index is 0.123. The van der Waals surface area contributed by atoms with Gasteiger partial charge in [0.2, 0.25) is 5.88 Å². The van der Waals surface area contributed by atoms with Gasteiger partial charge in [0, 0.05) is 6.07 Å². The van der Waals surface area contributed by atoms with Crippen molar-refractivity contribution in [2.45, 2.75) is 44.4 Å². The molecular formula is C11H15N3O3. The second-order valence-electron chi connectivity index (χ2n) is 4.65. The predicted molar refractivity (Wildman–Crippen MR) is 59.7 cm³/mol. The maximum absolute atomic E-state index is 11.7. The van der Waals surface area contributed by atoms with Crippen molar-refractivity contribution in [2.24, 2.45) is 0 Å². The Labute approximate surface area is 98.7 Å². The van der Waals surface area contributed by atoms with Gasteiger partial charge in [-0.05, 0) is 26.2 Å². The highest BCUT2D eigenvalue weighted by atomic mass is 16.5. The van der Waals surface area contributed by atoms with E-state index in [-0.39, 0.29) is 18.2 Å². The van der Waals surface area contributed by atoms with Crippen LogP contribution < -0.4 is 10.6 Å². The Morgan fingerprint density at radius 3 is 3.00 bits per heavy atom. The summed E-state index contributed by atoms with van der Waals surface area (Å²) in [5.41, 5.74) is 0.739. The molecule has 2 bridgehead atoms. The Hall–Kier alpha value is -1.56. The number of rotatable bonds is 2. The molecule has 92 valence electrons. The first-order valence-corrected chi connectivity index (χ1v) is 5.87. The van der Waals surface area contributed by atoms with E-state index >= 15 is 0 Å². The number of anilines is 1. The molecule has 2 aliphatic rings. The number of amides is 2. The van der Waals surface area contributed by atoms with E-state index in [1.807, 2.05) is 0 Å². The summed E-state index contributed by atoms with van der Waals surface area (Å²) in [5, 5.41) is 9.22. The van der Waals surface area contributed by atoms with Crippen molar-refractivity contribution in [3.8, 4) is 0 Å². The molecule has 6 nitrogen and oxygen atoms in total. The van der Waals surface area contributed by atoms with Crippen molar-refractivity contribution in [3.05, 3.63) is 11.8 Å². The zero-order valence-corrected chi connectivity index (χ0v) is 9.60. The number of aryl methyl sites for hydroxylation is 1. The number of ether oxygens (including phenoxy) is 1. The number of fused-ring (bicyclic) bond motifs is 2. The molecule has 3 rings (SSSR count). The van der Waals surface area contributed by atoms with Crippen molar-refractivity contribution in [1.29, 1.82) is 0 Å². The molecule has 17 heavy (non-hydrogen) atoms. The molecule has 2 N–H and O–H groups in total. The Morgan fingerprint density at radius 2 is 2.41 bits per heavy atom. The number of carbonyl (C=O) groups is 1. The number of carbonyl (C=O) groups excluding carboxylic acids is 1. The first kappa shape index (κ1) is 10.6. The lowest BCUT2D eigenvalue weighted by Gasteiger charge is -2.19. The van der Waals surface area contributed by atoms with Crippen LogP contribution in [0.3, 0.4) is 0 Å². The minimum atomic E-state index is -0.262. The van der Waals surface area contributed by atoms with Crippen LogP contribution in [-0.2, 0) is 4.74 Å². The van der Waals surface area contributed by atoms with Crippen LogP contribution in [0.1, 0.15) is 25.0 Å². The molecule has 1 aromatic rings. The SMILES string of the molecule is Cc1cc(NC(=O)N[C@@H]2C[C@H]3CC[C@@H]2O3)on1. The normalized spacial score (nSPS) is 30.5. The zero-order valence-electron chi connectivity index (χ0n) is 9.60. The standard InChI is InChI=1S/C11H15N3O3/c1-6-4-10(17-14-6)13-11(15)12-8-5-7-2-3-9(8)16-7/h4,7-9H,2-3,5H2,1H3,(H2,12,13,15)/t7-,8-,9+/m1/s1. The van der Waals surface area contributed by atoms with Gasteiger partial charge in [-0.2, -0.15) is 0 Å². The summed E-state index contributed by atoms with van der Waals surface area (Å²) in [6, 6.07) is 1.54. The highest BCUT2D eigenvalue weighted by Crippen LogP contribution is 2.34. The molecule has 0 aromatic carbocycles. The quantitative estimate of drug-likeness (QED) is 0.815. The van der Waals surface area contributed by atoms with Crippen molar-refractivity contribution < 1.29 is 14.1 Å². The average molecular weight is 237 g/mol. The summed E-state index contributed by atoms with van der Waals surface area (Å²) >= 11 is 0. The third kappa shape index (κ3) is 2.12. The molecule has 0 radical (unpaired) electrons. The first-order valence-electron chi connectivity index (χ1n) is 5.87. The molecule has 6 heteroatoms. The smallest absolute Gasteiger partial charge is 0.321 e. The lowest BCUT2D eigenvalue weighted by atomic mass is 9.96. The Bertz CT molecular complexity index is 431. The van der Waals surface area contributed by atoms with E-state index in [0.29, 0.717) is 12.0 Å². The zero-order chi connectivity index (χ0) is 11.8. The van der Waals surface area contributed by atoms with E-state index < -0.39 is 0 Å². The molecule has 3 atom stereocenters. The lowest BCUT2D eigenvalue weighted by molar-refractivity contribution is 0.0983. The van der Waals surface area contributed by atoms with Crippen LogP contribution in [-0.4, -0.2) is 29.4 Å². The van der Waals surface area contributed by atoms with E-state index in [2.05, 4.69) is 15.8 Å². The van der Waals surface area contributed by atoms with Crippen LogP contribution in [0, 0.1) is 6.92 Å². The largest absolute Gasteiger partial charge is 0.373 e. The third-order valence-corrected chi connectivity index (χ3v) is 3.29. The van der Waals surface area contributed by atoms with Gasteiger partial charge in [-0.15, -0.1) is 0 Å². The van der Waals surface area contributed by atoms with Gasteiger partial charge >= 0.3 is 6.03 Å². The number of aromatic nitrogens is 1. The van der Waals surface area contributed by atoms with Gasteiger partial charge in [0.25, 0.3) is 0 Å². The number of hydrogen-bond donors (Lipinski definition) is 2. The van der Waals surface area contributed by atoms with Crippen LogP contribution in [0.4, 0.5) is 10.7 Å². The Balaban J connectivity index is 1.54. The molecule has 2 aliphatic heterocycles. The molecule has 2 amide bonds. The summed E-state index contributed by atoms with van der Waals surface area (Å²) in [4.78, 5) is 11.7. The van der Waals surface area contributed by atoms with Crippen molar-refractivity contribution >= 4 is 11.9 Å². The summed E-state index contributed by atoms with van der Waals surface area (Å²) in [6.07, 6.45) is 3.58. The predicted octanol–water partition coefficient (Wildman–Crippen LogP) is 1.42. The average Bonchev–Trinajstić information content (AvgIpc) is 2.95. The second-order valence-corrected chi connectivity index (χ2v) is 4.65. The van der Waals surface area contributed by atoms with Crippen LogP contribution in [0.5, 0.6) is 0 Å².